The van der Waals surface area contributed by atoms with Crippen molar-refractivity contribution in [1.82, 2.24) is 0 Å². The summed E-state index contributed by atoms with van der Waals surface area (Å²) in [5.74, 6) is -2.74. The SMILES string of the molecule is CC(=O)N1C(=O)[C@H](/C=C2\SC(=S)N(c3ccccc3F)C2=O)c2cc(Br)ccc21. The summed E-state index contributed by atoms with van der Waals surface area (Å²) in [6.45, 7) is 1.31. The Morgan fingerprint density at radius 2 is 1.93 bits per heavy atom. The smallest absolute Gasteiger partial charge is 0.270 e. The van der Waals surface area contributed by atoms with E-state index in [-0.39, 0.29) is 14.9 Å². The maximum atomic E-state index is 14.2. The maximum absolute atomic E-state index is 14.2. The summed E-state index contributed by atoms with van der Waals surface area (Å²) in [5.41, 5.74) is 1.15. The molecule has 2 aliphatic heterocycles. The van der Waals surface area contributed by atoms with Crippen LogP contribution in [0.1, 0.15) is 18.4 Å². The van der Waals surface area contributed by atoms with Crippen molar-refractivity contribution in [2.45, 2.75) is 12.8 Å². The lowest BCUT2D eigenvalue weighted by molar-refractivity contribution is -0.125. The second-order valence-electron chi connectivity index (χ2n) is 6.36. The van der Waals surface area contributed by atoms with Crippen molar-refractivity contribution in [3.63, 3.8) is 0 Å². The highest BCUT2D eigenvalue weighted by atomic mass is 79.9. The highest BCUT2D eigenvalue weighted by Crippen LogP contribution is 2.43. The summed E-state index contributed by atoms with van der Waals surface area (Å²) in [4.78, 5) is 40.3. The Bertz CT molecular complexity index is 1130. The van der Waals surface area contributed by atoms with E-state index in [1.807, 2.05) is 0 Å². The van der Waals surface area contributed by atoms with E-state index >= 15 is 0 Å². The highest BCUT2D eigenvalue weighted by Gasteiger charge is 2.41. The van der Waals surface area contributed by atoms with Crippen molar-refractivity contribution in [3.05, 3.63) is 69.3 Å². The monoisotopic (exact) mass is 490 g/mol. The third-order valence-electron chi connectivity index (χ3n) is 4.57. The molecule has 2 heterocycles. The average molecular weight is 491 g/mol. The molecular weight excluding hydrogens is 479 g/mol. The van der Waals surface area contributed by atoms with Crippen LogP contribution in [0.3, 0.4) is 0 Å². The highest BCUT2D eigenvalue weighted by molar-refractivity contribution is 9.10. The van der Waals surface area contributed by atoms with Gasteiger partial charge in [-0.05, 0) is 42.0 Å². The Morgan fingerprint density at radius 3 is 2.62 bits per heavy atom. The fraction of sp³-hybridized carbons (Fsp3) is 0.100. The first-order chi connectivity index (χ1) is 13.8. The van der Waals surface area contributed by atoms with Crippen LogP contribution in [0, 0.1) is 5.82 Å². The van der Waals surface area contributed by atoms with Crippen LogP contribution in [-0.2, 0) is 14.4 Å². The summed E-state index contributed by atoms with van der Waals surface area (Å²) in [6.07, 6.45) is 1.50. The Balaban J connectivity index is 1.75. The Hall–Kier alpha value is -2.36. The van der Waals surface area contributed by atoms with Gasteiger partial charge in [-0.1, -0.05) is 52.0 Å². The number of amides is 3. The normalized spacial score (nSPS) is 20.0. The van der Waals surface area contributed by atoms with Gasteiger partial charge in [-0.2, -0.15) is 0 Å². The summed E-state index contributed by atoms with van der Waals surface area (Å²) < 4.78 is 15.1. The standard InChI is InChI=1S/C20H12BrFN2O3S2/c1-10(25)23-15-7-6-11(21)8-12(15)13(18(23)26)9-17-19(27)24(20(28)29-17)16-5-3-2-4-14(16)22/h2-9,13H,1H3/b17-9-/t13-/m1/s1. The molecule has 0 N–H and O–H groups in total. The number of hydrogen-bond acceptors (Lipinski definition) is 5. The van der Waals surface area contributed by atoms with E-state index in [0.29, 0.717) is 11.3 Å². The Kier molecular flexibility index (Phi) is 5.14. The molecule has 5 nitrogen and oxygen atoms in total. The van der Waals surface area contributed by atoms with Crippen molar-refractivity contribution < 1.29 is 18.8 Å². The minimum atomic E-state index is -0.818. The zero-order chi connectivity index (χ0) is 20.9. The molecule has 4 rings (SSSR count). The van der Waals surface area contributed by atoms with Crippen LogP contribution in [0.5, 0.6) is 0 Å². The number of carbonyl (C=O) groups is 3. The van der Waals surface area contributed by atoms with Gasteiger partial charge in [-0.25, -0.2) is 9.29 Å². The number of carbonyl (C=O) groups excluding carboxylic acids is 3. The van der Waals surface area contributed by atoms with E-state index in [2.05, 4.69) is 15.9 Å². The number of hydrogen-bond donors (Lipinski definition) is 0. The van der Waals surface area contributed by atoms with E-state index in [9.17, 15) is 18.8 Å². The number of thioether (sulfide) groups is 1. The molecule has 29 heavy (non-hydrogen) atoms. The molecule has 2 aromatic carbocycles. The van der Waals surface area contributed by atoms with Crippen molar-refractivity contribution in [3.8, 4) is 0 Å². The number of nitrogens with zero attached hydrogens (tertiary/aromatic N) is 2. The van der Waals surface area contributed by atoms with Crippen molar-refractivity contribution in [2.24, 2.45) is 0 Å². The first kappa shape index (κ1) is 19.9. The van der Waals surface area contributed by atoms with Gasteiger partial charge in [0.2, 0.25) is 11.8 Å². The largest absolute Gasteiger partial charge is 0.274 e. The third kappa shape index (κ3) is 3.33. The van der Waals surface area contributed by atoms with Gasteiger partial charge in [0, 0.05) is 11.4 Å². The van der Waals surface area contributed by atoms with E-state index in [4.69, 9.17) is 12.2 Å². The second-order valence-corrected chi connectivity index (χ2v) is 8.96. The zero-order valence-corrected chi connectivity index (χ0v) is 18.1. The van der Waals surface area contributed by atoms with Crippen molar-refractivity contribution >= 4 is 73.3 Å². The fourth-order valence-electron chi connectivity index (χ4n) is 3.33. The molecule has 0 radical (unpaired) electrons. The predicted octanol–water partition coefficient (Wildman–Crippen LogP) is 4.51. The molecule has 0 spiro atoms. The molecule has 1 atom stereocenters. The number of fused-ring (bicyclic) bond motifs is 1. The van der Waals surface area contributed by atoms with Gasteiger partial charge >= 0.3 is 0 Å². The number of thiocarbonyl (C=S) groups is 1. The zero-order valence-electron chi connectivity index (χ0n) is 14.9. The number of anilines is 2. The lowest BCUT2D eigenvalue weighted by atomic mass is 10.00. The second kappa shape index (κ2) is 7.47. The first-order valence-electron chi connectivity index (χ1n) is 8.46. The van der Waals surface area contributed by atoms with E-state index in [1.54, 1.807) is 24.3 Å². The quantitative estimate of drug-likeness (QED) is 0.457. The molecule has 3 amide bonds. The Labute approximate surface area is 183 Å². The lowest BCUT2D eigenvalue weighted by Gasteiger charge is -2.15. The number of benzene rings is 2. The van der Waals surface area contributed by atoms with Crippen LogP contribution in [0.15, 0.2) is 57.9 Å². The van der Waals surface area contributed by atoms with Crippen LogP contribution in [0.2, 0.25) is 0 Å². The van der Waals surface area contributed by atoms with Crippen LogP contribution >= 0.6 is 39.9 Å². The van der Waals surface area contributed by atoms with Crippen molar-refractivity contribution in [1.29, 1.82) is 0 Å². The van der Waals surface area contributed by atoms with Gasteiger partial charge in [-0.15, -0.1) is 0 Å². The summed E-state index contributed by atoms with van der Waals surface area (Å²) >= 11 is 9.64. The average Bonchev–Trinajstić information content (AvgIpc) is 3.09. The number of para-hydroxylation sites is 1. The molecule has 0 bridgehead atoms. The third-order valence-corrected chi connectivity index (χ3v) is 6.39. The molecule has 0 unspecified atom stereocenters. The fourth-order valence-corrected chi connectivity index (χ4v) is 5.00. The van der Waals surface area contributed by atoms with Crippen LogP contribution < -0.4 is 9.80 Å². The van der Waals surface area contributed by atoms with Crippen LogP contribution in [0.25, 0.3) is 0 Å². The molecule has 9 heteroatoms. The minimum absolute atomic E-state index is 0.0599. The van der Waals surface area contributed by atoms with Crippen molar-refractivity contribution in [2.75, 3.05) is 9.80 Å². The van der Waals surface area contributed by atoms with Gasteiger partial charge in [-0.3, -0.25) is 19.3 Å². The molecule has 0 aliphatic carbocycles. The summed E-state index contributed by atoms with van der Waals surface area (Å²) in [6, 6.07) is 11.0. The van der Waals surface area contributed by atoms with Crippen LogP contribution in [0.4, 0.5) is 15.8 Å². The summed E-state index contributed by atoms with van der Waals surface area (Å²) in [5, 5.41) is 0. The number of rotatable bonds is 2. The van der Waals surface area contributed by atoms with Crippen LogP contribution in [-0.4, -0.2) is 22.0 Å². The molecular formula is C20H12BrFN2O3S2. The van der Waals surface area contributed by atoms with E-state index in [1.165, 1.54) is 31.2 Å². The lowest BCUT2D eigenvalue weighted by Crippen LogP contribution is -2.33. The molecule has 146 valence electrons. The first-order valence-corrected chi connectivity index (χ1v) is 10.5. The maximum Gasteiger partial charge on any atom is 0.270 e. The van der Waals surface area contributed by atoms with Gasteiger partial charge in [0.1, 0.15) is 5.82 Å². The topological polar surface area (TPSA) is 57.7 Å². The van der Waals surface area contributed by atoms with Gasteiger partial charge < -0.3 is 0 Å². The van der Waals surface area contributed by atoms with Gasteiger partial charge in [0.25, 0.3) is 5.91 Å². The molecule has 1 saturated heterocycles. The van der Waals surface area contributed by atoms with E-state index in [0.717, 1.165) is 26.0 Å². The van der Waals surface area contributed by atoms with Gasteiger partial charge in [0.15, 0.2) is 4.32 Å². The molecule has 0 saturated carbocycles. The number of halogens is 2. The molecule has 2 aliphatic rings. The molecule has 1 fully saturated rings. The summed E-state index contributed by atoms with van der Waals surface area (Å²) in [7, 11) is 0. The van der Waals surface area contributed by atoms with E-state index < -0.39 is 29.5 Å². The van der Waals surface area contributed by atoms with Gasteiger partial charge in [0.05, 0.1) is 22.2 Å². The number of imide groups is 1. The molecule has 0 aromatic heterocycles. The Morgan fingerprint density at radius 1 is 1.21 bits per heavy atom. The predicted molar refractivity (Wildman–Crippen MR) is 117 cm³/mol. The minimum Gasteiger partial charge on any atom is -0.274 e. The molecule has 2 aromatic rings.